The fourth-order valence-electron chi connectivity index (χ4n) is 2.80. The Morgan fingerprint density at radius 1 is 0.969 bits per heavy atom. The minimum absolute atomic E-state index is 0.0833. The van der Waals surface area contributed by atoms with Crippen LogP contribution in [-0.2, 0) is 16.1 Å². The van der Waals surface area contributed by atoms with Gasteiger partial charge in [-0.1, -0.05) is 18.2 Å². The number of furan rings is 1. The first kappa shape index (κ1) is 22.6. The molecule has 0 radical (unpaired) electrons. The molecule has 2 amide bonds. The van der Waals surface area contributed by atoms with Crippen LogP contribution in [0.2, 0.25) is 0 Å². The molecular weight excluding hydrogens is 412 g/mol. The first-order chi connectivity index (χ1) is 15.5. The highest BCUT2D eigenvalue weighted by atomic mass is 16.5. The number of carbonyl (C=O) groups excluding carboxylic acids is 3. The highest BCUT2D eigenvalue weighted by Crippen LogP contribution is 2.18. The van der Waals surface area contributed by atoms with Crippen LogP contribution in [0.4, 0.5) is 5.69 Å². The molecule has 0 atom stereocenters. The van der Waals surface area contributed by atoms with Crippen LogP contribution in [0.25, 0.3) is 0 Å². The normalized spacial score (nSPS) is 10.3. The Balaban J connectivity index is 1.45. The Morgan fingerprint density at radius 2 is 1.72 bits per heavy atom. The van der Waals surface area contributed by atoms with Crippen LogP contribution in [0.3, 0.4) is 0 Å². The van der Waals surface area contributed by atoms with Crippen LogP contribution in [0.5, 0.6) is 5.75 Å². The summed E-state index contributed by atoms with van der Waals surface area (Å²) in [4.78, 5) is 36.0. The van der Waals surface area contributed by atoms with Crippen LogP contribution in [0.15, 0.2) is 65.1 Å². The number of esters is 1. The number of carbonyl (C=O) groups is 3. The summed E-state index contributed by atoms with van der Waals surface area (Å²) in [5.74, 6) is -0.0528. The lowest BCUT2D eigenvalue weighted by Gasteiger charge is -2.08. The van der Waals surface area contributed by atoms with Gasteiger partial charge in [-0.25, -0.2) is 4.79 Å². The van der Waals surface area contributed by atoms with Gasteiger partial charge in [0.1, 0.15) is 18.1 Å². The first-order valence-electron chi connectivity index (χ1n) is 10.1. The maximum absolute atomic E-state index is 12.2. The van der Waals surface area contributed by atoms with E-state index in [1.165, 1.54) is 6.07 Å². The van der Waals surface area contributed by atoms with Gasteiger partial charge in [0, 0.05) is 5.69 Å². The Morgan fingerprint density at radius 3 is 2.44 bits per heavy atom. The fraction of sp³-hybridized carbons (Fsp3) is 0.208. The quantitative estimate of drug-likeness (QED) is 0.495. The molecule has 2 aromatic carbocycles. The molecule has 8 heteroatoms. The smallest absolute Gasteiger partial charge is 0.338 e. The molecule has 1 heterocycles. The molecule has 0 bridgehead atoms. The predicted molar refractivity (Wildman–Crippen MR) is 118 cm³/mol. The molecule has 0 saturated carbocycles. The number of nitrogens with one attached hydrogen (secondary N) is 2. The largest absolute Gasteiger partial charge is 0.485 e. The van der Waals surface area contributed by atoms with Crippen LogP contribution in [-0.4, -0.2) is 30.9 Å². The number of hydrogen-bond donors (Lipinski definition) is 2. The van der Waals surface area contributed by atoms with Gasteiger partial charge in [0.25, 0.3) is 5.91 Å². The number of ether oxygens (including phenoxy) is 2. The van der Waals surface area contributed by atoms with E-state index in [1.807, 2.05) is 31.2 Å². The molecule has 1 aromatic heterocycles. The number of rotatable bonds is 9. The van der Waals surface area contributed by atoms with E-state index in [9.17, 15) is 14.4 Å². The summed E-state index contributed by atoms with van der Waals surface area (Å²) in [6.07, 6.45) is 0. The average Bonchev–Trinajstić information content (AvgIpc) is 3.27. The van der Waals surface area contributed by atoms with E-state index in [0.29, 0.717) is 17.0 Å². The standard InChI is InChI=1S/C24H24N2O6/c1-3-30-24(29)17-8-10-18(11-9-17)26-22(27)14-25-23(28)21-13-12-19(32-21)15-31-20-7-5-4-6-16(20)2/h4-13H,3,14-15H2,1-2H3,(H,25,28)(H,26,27). The molecule has 32 heavy (non-hydrogen) atoms. The zero-order valence-corrected chi connectivity index (χ0v) is 17.8. The van der Waals surface area contributed by atoms with Gasteiger partial charge in [-0.05, 0) is 61.9 Å². The summed E-state index contributed by atoms with van der Waals surface area (Å²) in [5, 5.41) is 5.14. The van der Waals surface area contributed by atoms with Crippen LogP contribution < -0.4 is 15.4 Å². The Bertz CT molecular complexity index is 1090. The van der Waals surface area contributed by atoms with Crippen LogP contribution in [0, 0.1) is 6.92 Å². The lowest BCUT2D eigenvalue weighted by molar-refractivity contribution is -0.115. The van der Waals surface area contributed by atoms with Crippen LogP contribution >= 0.6 is 0 Å². The Kier molecular flexibility index (Phi) is 7.64. The molecule has 0 saturated heterocycles. The second-order valence-corrected chi connectivity index (χ2v) is 6.85. The van der Waals surface area contributed by atoms with Crippen molar-refractivity contribution >= 4 is 23.5 Å². The maximum atomic E-state index is 12.2. The molecule has 0 aliphatic carbocycles. The number of amides is 2. The third-order valence-electron chi connectivity index (χ3n) is 4.44. The van der Waals surface area contributed by atoms with Gasteiger partial charge in [-0.3, -0.25) is 9.59 Å². The molecule has 2 N–H and O–H groups in total. The van der Waals surface area contributed by atoms with E-state index in [4.69, 9.17) is 13.9 Å². The summed E-state index contributed by atoms with van der Waals surface area (Å²) in [6, 6.07) is 17.0. The molecule has 0 fully saturated rings. The third-order valence-corrected chi connectivity index (χ3v) is 4.44. The van der Waals surface area contributed by atoms with Crippen molar-refractivity contribution < 1.29 is 28.3 Å². The minimum atomic E-state index is -0.514. The van der Waals surface area contributed by atoms with Crippen molar-refractivity contribution in [1.29, 1.82) is 0 Å². The number of hydrogen-bond acceptors (Lipinski definition) is 6. The van der Waals surface area contributed by atoms with Gasteiger partial charge in [0.2, 0.25) is 5.91 Å². The molecule has 3 aromatic rings. The lowest BCUT2D eigenvalue weighted by atomic mass is 10.2. The maximum Gasteiger partial charge on any atom is 0.338 e. The van der Waals surface area contributed by atoms with Crippen molar-refractivity contribution in [3.63, 3.8) is 0 Å². The second kappa shape index (κ2) is 10.8. The third kappa shape index (κ3) is 6.21. The van der Waals surface area contributed by atoms with Gasteiger partial charge in [-0.2, -0.15) is 0 Å². The number of aryl methyl sites for hydroxylation is 1. The van der Waals surface area contributed by atoms with Gasteiger partial charge in [0.15, 0.2) is 5.76 Å². The molecule has 0 spiro atoms. The van der Waals surface area contributed by atoms with Gasteiger partial charge in [-0.15, -0.1) is 0 Å². The van der Waals surface area contributed by atoms with E-state index >= 15 is 0 Å². The highest BCUT2D eigenvalue weighted by molar-refractivity contribution is 5.98. The molecular formula is C24H24N2O6. The molecule has 8 nitrogen and oxygen atoms in total. The molecule has 0 unspecified atom stereocenters. The van der Waals surface area contributed by atoms with Gasteiger partial charge < -0.3 is 24.5 Å². The van der Waals surface area contributed by atoms with E-state index in [0.717, 1.165) is 11.3 Å². The van der Waals surface area contributed by atoms with Gasteiger partial charge in [0.05, 0.1) is 18.7 Å². The Hall–Kier alpha value is -4.07. The fourth-order valence-corrected chi connectivity index (χ4v) is 2.80. The number of benzene rings is 2. The van der Waals surface area contributed by atoms with Crippen molar-refractivity contribution in [3.8, 4) is 5.75 Å². The predicted octanol–water partition coefficient (Wildman–Crippen LogP) is 3.71. The van der Waals surface area contributed by atoms with E-state index in [-0.39, 0.29) is 25.5 Å². The molecule has 0 aliphatic rings. The van der Waals surface area contributed by atoms with Crippen LogP contribution in [0.1, 0.15) is 39.2 Å². The first-order valence-corrected chi connectivity index (χ1v) is 10.1. The molecule has 3 rings (SSSR count). The lowest BCUT2D eigenvalue weighted by Crippen LogP contribution is -2.32. The zero-order valence-electron chi connectivity index (χ0n) is 17.8. The highest BCUT2D eigenvalue weighted by Gasteiger charge is 2.14. The summed E-state index contributed by atoms with van der Waals surface area (Å²) in [5.41, 5.74) is 1.88. The molecule has 0 aliphatic heterocycles. The number of anilines is 1. The Labute approximate surface area is 185 Å². The minimum Gasteiger partial charge on any atom is -0.485 e. The summed E-state index contributed by atoms with van der Waals surface area (Å²) in [7, 11) is 0. The number of para-hydroxylation sites is 1. The van der Waals surface area contributed by atoms with Crippen molar-refractivity contribution in [2.24, 2.45) is 0 Å². The van der Waals surface area contributed by atoms with Gasteiger partial charge >= 0.3 is 5.97 Å². The van der Waals surface area contributed by atoms with Crippen molar-refractivity contribution in [2.75, 3.05) is 18.5 Å². The van der Waals surface area contributed by atoms with Crippen molar-refractivity contribution in [2.45, 2.75) is 20.5 Å². The average molecular weight is 436 g/mol. The van der Waals surface area contributed by atoms with E-state index in [1.54, 1.807) is 37.3 Å². The second-order valence-electron chi connectivity index (χ2n) is 6.85. The monoisotopic (exact) mass is 436 g/mol. The SMILES string of the molecule is CCOC(=O)c1ccc(NC(=O)CNC(=O)c2ccc(COc3ccccc3C)o2)cc1. The summed E-state index contributed by atoms with van der Waals surface area (Å²) in [6.45, 7) is 3.89. The summed E-state index contributed by atoms with van der Waals surface area (Å²) < 4.78 is 16.1. The topological polar surface area (TPSA) is 107 Å². The van der Waals surface area contributed by atoms with E-state index < -0.39 is 17.8 Å². The van der Waals surface area contributed by atoms with E-state index in [2.05, 4.69) is 10.6 Å². The van der Waals surface area contributed by atoms with Crippen molar-refractivity contribution in [3.05, 3.63) is 83.3 Å². The van der Waals surface area contributed by atoms with Crippen molar-refractivity contribution in [1.82, 2.24) is 5.32 Å². The molecule has 166 valence electrons. The zero-order chi connectivity index (χ0) is 22.9. The summed E-state index contributed by atoms with van der Waals surface area (Å²) >= 11 is 0.